The molecule has 1 aliphatic carbocycles. The normalized spacial score (nSPS) is 30.6. The second-order valence-electron chi connectivity index (χ2n) is 5.29. The van der Waals surface area contributed by atoms with Crippen LogP contribution in [0.3, 0.4) is 0 Å². The van der Waals surface area contributed by atoms with E-state index in [2.05, 4.69) is 13.8 Å². The maximum Gasteiger partial charge on any atom is 0.237 e. The Bertz CT molecular complexity index is 245. The van der Waals surface area contributed by atoms with Crippen molar-refractivity contribution in [3.05, 3.63) is 0 Å². The summed E-state index contributed by atoms with van der Waals surface area (Å²) in [5.41, 5.74) is 10.7. The van der Waals surface area contributed by atoms with Gasteiger partial charge in [-0.05, 0) is 43.8 Å². The van der Waals surface area contributed by atoms with Gasteiger partial charge in [0.2, 0.25) is 5.91 Å². The number of carbonyl (C=O) groups is 1. The predicted octanol–water partition coefficient (Wildman–Crippen LogP) is 1.89. The average Bonchev–Trinajstić information content (AvgIpc) is 2.17. The first-order chi connectivity index (χ1) is 7.44. The van der Waals surface area contributed by atoms with E-state index >= 15 is 0 Å². The van der Waals surface area contributed by atoms with Gasteiger partial charge >= 0.3 is 0 Å². The van der Waals surface area contributed by atoms with Crippen LogP contribution in [0.4, 0.5) is 0 Å². The molecule has 0 aromatic rings. The highest BCUT2D eigenvalue weighted by molar-refractivity contribution is 7.99. The average molecular weight is 244 g/mol. The van der Waals surface area contributed by atoms with Crippen molar-refractivity contribution in [1.82, 2.24) is 0 Å². The van der Waals surface area contributed by atoms with Crippen LogP contribution < -0.4 is 11.5 Å². The van der Waals surface area contributed by atoms with E-state index in [-0.39, 0.29) is 5.91 Å². The van der Waals surface area contributed by atoms with Crippen molar-refractivity contribution < 1.29 is 4.79 Å². The minimum atomic E-state index is -0.742. The Hall–Kier alpha value is -0.220. The van der Waals surface area contributed by atoms with E-state index in [4.69, 9.17) is 11.5 Å². The van der Waals surface area contributed by atoms with Crippen molar-refractivity contribution in [2.24, 2.45) is 17.4 Å². The van der Waals surface area contributed by atoms with E-state index in [9.17, 15) is 4.79 Å². The van der Waals surface area contributed by atoms with Gasteiger partial charge in [0.05, 0.1) is 5.54 Å². The third-order valence-corrected chi connectivity index (χ3v) is 4.63. The fourth-order valence-corrected chi connectivity index (χ4v) is 3.78. The van der Waals surface area contributed by atoms with Gasteiger partial charge in [-0.3, -0.25) is 4.79 Å². The monoisotopic (exact) mass is 244 g/mol. The first kappa shape index (κ1) is 13.8. The molecular weight excluding hydrogens is 220 g/mol. The summed E-state index contributed by atoms with van der Waals surface area (Å²) in [6.45, 7) is 4.47. The number of primary amides is 1. The molecule has 1 fully saturated rings. The van der Waals surface area contributed by atoms with Gasteiger partial charge in [-0.1, -0.05) is 13.8 Å². The van der Waals surface area contributed by atoms with Crippen LogP contribution in [0, 0.1) is 5.92 Å². The number of carbonyl (C=O) groups excluding carboxylic acids is 1. The number of nitrogens with two attached hydrogens (primary N) is 2. The van der Waals surface area contributed by atoms with Crippen molar-refractivity contribution in [1.29, 1.82) is 0 Å². The Balaban J connectivity index is 2.36. The van der Waals surface area contributed by atoms with E-state index < -0.39 is 5.54 Å². The van der Waals surface area contributed by atoms with Crippen LogP contribution in [-0.2, 0) is 4.79 Å². The van der Waals surface area contributed by atoms with E-state index in [0.29, 0.717) is 5.25 Å². The van der Waals surface area contributed by atoms with Gasteiger partial charge in [-0.15, -0.1) is 0 Å². The van der Waals surface area contributed by atoms with Gasteiger partial charge in [0.25, 0.3) is 0 Å². The molecule has 2 unspecified atom stereocenters. The lowest BCUT2D eigenvalue weighted by molar-refractivity contribution is -0.124. The Morgan fingerprint density at radius 3 is 2.81 bits per heavy atom. The number of amides is 1. The van der Waals surface area contributed by atoms with Crippen LogP contribution in [0.15, 0.2) is 0 Å². The summed E-state index contributed by atoms with van der Waals surface area (Å²) >= 11 is 1.96. The summed E-state index contributed by atoms with van der Waals surface area (Å²) in [6.07, 6.45) is 4.94. The quantitative estimate of drug-likeness (QED) is 0.776. The summed E-state index contributed by atoms with van der Waals surface area (Å²) in [5.74, 6) is 1.58. The number of hydrogen-bond donors (Lipinski definition) is 2. The molecule has 0 spiro atoms. The minimum Gasteiger partial charge on any atom is -0.368 e. The molecule has 0 aromatic carbocycles. The van der Waals surface area contributed by atoms with Gasteiger partial charge in [-0.2, -0.15) is 11.8 Å². The summed E-state index contributed by atoms with van der Waals surface area (Å²) in [6, 6.07) is 0. The van der Waals surface area contributed by atoms with E-state index in [1.165, 1.54) is 12.8 Å². The number of rotatable bonds is 5. The zero-order valence-corrected chi connectivity index (χ0v) is 11.2. The van der Waals surface area contributed by atoms with E-state index in [1.807, 2.05) is 11.8 Å². The number of thioether (sulfide) groups is 1. The molecule has 0 saturated heterocycles. The third-order valence-electron chi connectivity index (χ3n) is 3.28. The molecule has 94 valence electrons. The van der Waals surface area contributed by atoms with Crippen molar-refractivity contribution in [3.8, 4) is 0 Å². The number of hydrogen-bond acceptors (Lipinski definition) is 3. The molecule has 4 N–H and O–H groups in total. The van der Waals surface area contributed by atoms with Crippen molar-refractivity contribution >= 4 is 17.7 Å². The first-order valence-corrected chi connectivity index (χ1v) is 7.19. The van der Waals surface area contributed by atoms with Gasteiger partial charge in [0.1, 0.15) is 0 Å². The summed E-state index contributed by atoms with van der Waals surface area (Å²) < 4.78 is 0. The van der Waals surface area contributed by atoms with Gasteiger partial charge in [0, 0.05) is 5.25 Å². The molecule has 0 heterocycles. The molecule has 0 aliphatic heterocycles. The van der Waals surface area contributed by atoms with E-state index in [0.717, 1.165) is 30.9 Å². The first-order valence-electron chi connectivity index (χ1n) is 6.14. The molecule has 1 amide bonds. The Labute approximate surface area is 103 Å². The summed E-state index contributed by atoms with van der Waals surface area (Å²) in [7, 11) is 0. The van der Waals surface area contributed by atoms with Crippen LogP contribution >= 0.6 is 11.8 Å². The summed E-state index contributed by atoms with van der Waals surface area (Å²) in [5, 5.41) is 0.519. The molecule has 1 saturated carbocycles. The highest BCUT2D eigenvalue weighted by Crippen LogP contribution is 2.34. The lowest BCUT2D eigenvalue weighted by atomic mass is 9.82. The second-order valence-corrected chi connectivity index (χ2v) is 6.70. The molecular formula is C12H24N2OS. The molecule has 0 radical (unpaired) electrons. The van der Waals surface area contributed by atoms with Crippen LogP contribution in [0.1, 0.15) is 46.0 Å². The Morgan fingerprint density at radius 2 is 2.25 bits per heavy atom. The Kier molecular flexibility index (Phi) is 5.12. The molecule has 0 bridgehead atoms. The lowest BCUT2D eigenvalue weighted by Crippen LogP contribution is -2.55. The molecule has 0 aromatic heterocycles. The predicted molar refractivity (Wildman–Crippen MR) is 70.3 cm³/mol. The standard InChI is InChI=1S/C12H24N2OS/c1-9(2)5-7-16-10-4-3-6-12(14,8-10)11(13)15/h9-10H,3-8,14H2,1-2H3,(H2,13,15). The molecule has 2 atom stereocenters. The summed E-state index contributed by atoms with van der Waals surface area (Å²) in [4.78, 5) is 11.3. The van der Waals surface area contributed by atoms with Gasteiger partial charge < -0.3 is 11.5 Å². The third kappa shape index (κ3) is 3.98. The minimum absolute atomic E-state index is 0.332. The smallest absolute Gasteiger partial charge is 0.237 e. The van der Waals surface area contributed by atoms with Gasteiger partial charge in [0.15, 0.2) is 0 Å². The second kappa shape index (κ2) is 5.92. The highest BCUT2D eigenvalue weighted by atomic mass is 32.2. The van der Waals surface area contributed by atoms with Crippen LogP contribution in [0.2, 0.25) is 0 Å². The lowest BCUT2D eigenvalue weighted by Gasteiger charge is -2.35. The zero-order chi connectivity index (χ0) is 12.2. The molecule has 4 heteroatoms. The maximum atomic E-state index is 11.3. The molecule has 1 rings (SSSR count). The molecule has 16 heavy (non-hydrogen) atoms. The van der Waals surface area contributed by atoms with Crippen LogP contribution in [0.25, 0.3) is 0 Å². The van der Waals surface area contributed by atoms with Crippen LogP contribution in [0.5, 0.6) is 0 Å². The molecule has 3 nitrogen and oxygen atoms in total. The van der Waals surface area contributed by atoms with Crippen molar-refractivity contribution in [3.63, 3.8) is 0 Å². The Morgan fingerprint density at radius 1 is 1.56 bits per heavy atom. The van der Waals surface area contributed by atoms with Crippen molar-refractivity contribution in [2.45, 2.75) is 56.7 Å². The van der Waals surface area contributed by atoms with Gasteiger partial charge in [-0.25, -0.2) is 0 Å². The van der Waals surface area contributed by atoms with E-state index in [1.54, 1.807) is 0 Å². The largest absolute Gasteiger partial charge is 0.368 e. The zero-order valence-electron chi connectivity index (χ0n) is 10.4. The highest BCUT2D eigenvalue weighted by Gasteiger charge is 2.37. The SMILES string of the molecule is CC(C)CCSC1CCCC(N)(C(N)=O)C1. The van der Waals surface area contributed by atoms with Crippen LogP contribution in [-0.4, -0.2) is 22.4 Å². The van der Waals surface area contributed by atoms with Crippen molar-refractivity contribution in [2.75, 3.05) is 5.75 Å². The topological polar surface area (TPSA) is 69.1 Å². The molecule has 1 aliphatic rings. The fourth-order valence-electron chi connectivity index (χ4n) is 2.09. The maximum absolute atomic E-state index is 11.3. The fraction of sp³-hybridized carbons (Fsp3) is 0.917.